The minimum atomic E-state index is -3.36. The first-order valence-electron chi connectivity index (χ1n) is 17.4. The standard InChI is InChI=1S/C40H42FN5O4Si/c1-28-38(51(2,3)41)37(21-22-44-25-35(42-43-44)33(26-47)30-14-6-4-7-15-30)50-40(28)34-19-10-11-20-36(34)45(39(40)49)24-29-13-12-18-32(23-29)46(27-48)31-16-8-5-9-17-31/h4-20,23,25,27-28,33,37-38,47H,21-22,24,26H2,1-3H3/t28-,33?,37+,38-,40+/m0/s1. The van der Waals surface area contributed by atoms with Gasteiger partial charge in [0.15, 0.2) is 5.60 Å². The van der Waals surface area contributed by atoms with Crippen molar-refractivity contribution in [2.45, 2.75) is 62.7 Å². The molecule has 1 aromatic heterocycles. The predicted octanol–water partition coefficient (Wildman–Crippen LogP) is 7.11. The van der Waals surface area contributed by atoms with Crippen molar-refractivity contribution in [2.75, 3.05) is 16.4 Å². The monoisotopic (exact) mass is 703 g/mol. The molecule has 5 atom stereocenters. The largest absolute Gasteiger partial charge is 0.395 e. The summed E-state index contributed by atoms with van der Waals surface area (Å²) in [5.74, 6) is -0.944. The first kappa shape index (κ1) is 34.5. The van der Waals surface area contributed by atoms with Crippen LogP contribution in [0.15, 0.2) is 115 Å². The van der Waals surface area contributed by atoms with Crippen molar-refractivity contribution in [1.82, 2.24) is 15.0 Å². The Balaban J connectivity index is 1.16. The number of benzene rings is 4. The SMILES string of the molecule is C[C@H]1[C@H]([Si](C)(C)F)[C@@H](CCn2cc(C(CO)c3ccccc3)nn2)O[C@]12C(=O)N(Cc1cccc(N(C=O)c3ccccc3)c1)c1ccccc12. The third-order valence-electron chi connectivity index (χ3n) is 10.5. The number of amides is 2. The average molecular weight is 704 g/mol. The summed E-state index contributed by atoms with van der Waals surface area (Å²) in [4.78, 5) is 30.3. The molecule has 7 rings (SSSR count). The number of carbonyl (C=O) groups excluding carboxylic acids is 2. The van der Waals surface area contributed by atoms with Gasteiger partial charge in [-0.3, -0.25) is 19.2 Å². The van der Waals surface area contributed by atoms with Crippen molar-refractivity contribution in [2.24, 2.45) is 5.92 Å². The van der Waals surface area contributed by atoms with E-state index in [2.05, 4.69) is 10.3 Å². The summed E-state index contributed by atoms with van der Waals surface area (Å²) in [5, 5.41) is 18.8. The van der Waals surface area contributed by atoms with E-state index >= 15 is 4.11 Å². The Kier molecular flexibility index (Phi) is 9.45. The fraction of sp³-hybridized carbons (Fsp3) is 0.300. The second-order valence-electron chi connectivity index (χ2n) is 14.0. The Morgan fingerprint density at radius 3 is 2.37 bits per heavy atom. The number of hydrogen-bond donors (Lipinski definition) is 1. The second-order valence-corrected chi connectivity index (χ2v) is 17.8. The number of rotatable bonds is 12. The summed E-state index contributed by atoms with van der Waals surface area (Å²) in [5.41, 5.74) is 3.54. The highest BCUT2D eigenvalue weighted by Crippen LogP contribution is 2.60. The number of fused-ring (bicyclic) bond motifs is 2. The molecule has 4 aromatic carbocycles. The van der Waals surface area contributed by atoms with Gasteiger partial charge in [0.05, 0.1) is 36.6 Å². The zero-order valence-electron chi connectivity index (χ0n) is 29.0. The van der Waals surface area contributed by atoms with E-state index in [1.165, 1.54) is 0 Å². The molecule has 0 radical (unpaired) electrons. The van der Waals surface area contributed by atoms with E-state index in [1.54, 1.807) is 27.6 Å². The number of aliphatic hydroxyl groups is 1. The van der Waals surface area contributed by atoms with E-state index in [-0.39, 0.29) is 25.0 Å². The summed E-state index contributed by atoms with van der Waals surface area (Å²) in [6.07, 6.45) is 2.51. The Morgan fingerprint density at radius 1 is 0.980 bits per heavy atom. The van der Waals surface area contributed by atoms with Gasteiger partial charge in [0.2, 0.25) is 14.8 Å². The molecule has 11 heteroatoms. The number of ether oxygens (including phenoxy) is 1. The van der Waals surface area contributed by atoms with Crippen LogP contribution in [0.1, 0.15) is 41.6 Å². The van der Waals surface area contributed by atoms with Crippen molar-refractivity contribution in [1.29, 1.82) is 0 Å². The van der Waals surface area contributed by atoms with Gasteiger partial charge >= 0.3 is 0 Å². The molecule has 0 aliphatic carbocycles. The van der Waals surface area contributed by atoms with Crippen molar-refractivity contribution in [3.63, 3.8) is 0 Å². The molecule has 1 saturated heterocycles. The van der Waals surface area contributed by atoms with Crippen LogP contribution in [0.25, 0.3) is 0 Å². The molecule has 2 aliphatic rings. The van der Waals surface area contributed by atoms with Gasteiger partial charge in [-0.25, -0.2) is 0 Å². The van der Waals surface area contributed by atoms with Gasteiger partial charge in [-0.05, 0) is 61.0 Å². The Labute approximate surface area is 298 Å². The van der Waals surface area contributed by atoms with Gasteiger partial charge in [-0.15, -0.1) is 5.10 Å². The Morgan fingerprint density at radius 2 is 1.67 bits per heavy atom. The van der Waals surface area contributed by atoms with E-state index in [9.17, 15) is 14.7 Å². The normalized spacial score (nSPS) is 21.9. The topological polar surface area (TPSA) is 101 Å². The number of aliphatic hydroxyl groups excluding tert-OH is 1. The first-order chi connectivity index (χ1) is 24.7. The van der Waals surface area contributed by atoms with Crippen molar-refractivity contribution < 1.29 is 23.5 Å². The molecule has 1 spiro atoms. The van der Waals surface area contributed by atoms with Crippen LogP contribution in [-0.2, 0) is 33.0 Å². The Hall–Kier alpha value is -4.97. The predicted molar refractivity (Wildman–Crippen MR) is 197 cm³/mol. The number of aromatic nitrogens is 3. The van der Waals surface area contributed by atoms with E-state index < -0.39 is 31.6 Å². The number of hydrogen-bond acceptors (Lipinski definition) is 6. The van der Waals surface area contributed by atoms with E-state index in [1.807, 2.05) is 122 Å². The third-order valence-corrected chi connectivity index (χ3v) is 12.9. The smallest absolute Gasteiger partial charge is 0.264 e. The molecule has 2 aliphatic heterocycles. The van der Waals surface area contributed by atoms with Crippen LogP contribution < -0.4 is 9.80 Å². The molecular formula is C40H42FN5O4Si. The summed E-state index contributed by atoms with van der Waals surface area (Å²) in [7, 11) is -3.36. The number of halogens is 1. The van der Waals surface area contributed by atoms with E-state index in [0.29, 0.717) is 24.3 Å². The fourth-order valence-corrected chi connectivity index (χ4v) is 10.7. The number of aryl methyl sites for hydroxylation is 1. The molecule has 0 bridgehead atoms. The number of carbonyl (C=O) groups is 2. The van der Waals surface area contributed by atoms with Gasteiger partial charge in [0.25, 0.3) is 5.91 Å². The molecule has 0 saturated carbocycles. The molecular weight excluding hydrogens is 662 g/mol. The van der Waals surface area contributed by atoms with Crippen molar-refractivity contribution >= 4 is 37.8 Å². The molecule has 9 nitrogen and oxygen atoms in total. The number of nitrogens with zero attached hydrogens (tertiary/aromatic N) is 5. The highest BCUT2D eigenvalue weighted by atomic mass is 28.4. The maximum absolute atomic E-state index is 16.4. The average Bonchev–Trinajstić information content (AvgIpc) is 3.79. The maximum Gasteiger partial charge on any atom is 0.264 e. The summed E-state index contributed by atoms with van der Waals surface area (Å²) in [6.45, 7) is 5.91. The molecule has 1 fully saturated rings. The molecule has 3 heterocycles. The van der Waals surface area contributed by atoms with Gasteiger partial charge in [-0.1, -0.05) is 91.0 Å². The molecule has 51 heavy (non-hydrogen) atoms. The summed E-state index contributed by atoms with van der Waals surface area (Å²) >= 11 is 0. The zero-order valence-corrected chi connectivity index (χ0v) is 30.0. The van der Waals surface area contributed by atoms with E-state index in [0.717, 1.165) is 34.5 Å². The van der Waals surface area contributed by atoms with Crippen LogP contribution in [0.5, 0.6) is 0 Å². The van der Waals surface area contributed by atoms with Crippen LogP contribution in [0, 0.1) is 5.92 Å². The summed E-state index contributed by atoms with van der Waals surface area (Å²) in [6, 6.07) is 34.3. The highest BCUT2D eigenvalue weighted by molar-refractivity contribution is 6.72. The molecule has 1 N–H and O–H groups in total. The summed E-state index contributed by atoms with van der Waals surface area (Å²) < 4.78 is 25.0. The van der Waals surface area contributed by atoms with Gasteiger partial charge in [0.1, 0.15) is 0 Å². The van der Waals surface area contributed by atoms with Crippen LogP contribution in [0.2, 0.25) is 18.6 Å². The molecule has 262 valence electrons. The quantitative estimate of drug-likeness (QED) is 0.0845. The fourth-order valence-electron chi connectivity index (χ4n) is 8.17. The minimum Gasteiger partial charge on any atom is -0.395 e. The lowest BCUT2D eigenvalue weighted by atomic mass is 9.82. The van der Waals surface area contributed by atoms with Gasteiger partial charge in [0, 0.05) is 41.1 Å². The van der Waals surface area contributed by atoms with Gasteiger partial charge < -0.3 is 18.9 Å². The molecule has 5 aromatic rings. The van der Waals surface area contributed by atoms with E-state index in [4.69, 9.17) is 4.74 Å². The molecule has 2 amide bonds. The lowest BCUT2D eigenvalue weighted by molar-refractivity contribution is -0.146. The van der Waals surface area contributed by atoms with Crippen LogP contribution in [0.4, 0.5) is 21.2 Å². The lowest BCUT2D eigenvalue weighted by Crippen LogP contribution is -2.45. The minimum absolute atomic E-state index is 0.108. The maximum atomic E-state index is 16.4. The highest BCUT2D eigenvalue weighted by Gasteiger charge is 2.66. The first-order valence-corrected chi connectivity index (χ1v) is 20.3. The number of para-hydroxylation sites is 2. The van der Waals surface area contributed by atoms with Crippen LogP contribution >= 0.6 is 0 Å². The molecule has 1 unspecified atom stereocenters. The third kappa shape index (κ3) is 6.30. The second kappa shape index (κ2) is 14.0. The lowest BCUT2D eigenvalue weighted by Gasteiger charge is -2.31. The van der Waals surface area contributed by atoms with Gasteiger partial charge in [-0.2, -0.15) is 0 Å². The zero-order chi connectivity index (χ0) is 35.8. The van der Waals surface area contributed by atoms with Crippen molar-refractivity contribution in [3.05, 3.63) is 138 Å². The Bertz CT molecular complexity index is 2000. The van der Waals surface area contributed by atoms with Crippen LogP contribution in [-0.4, -0.2) is 53.5 Å². The number of anilines is 3. The van der Waals surface area contributed by atoms with Crippen molar-refractivity contribution in [3.8, 4) is 0 Å². The van der Waals surface area contributed by atoms with Crippen LogP contribution in [0.3, 0.4) is 0 Å².